The highest BCUT2D eigenvalue weighted by atomic mass is 16.5. The molecule has 0 saturated heterocycles. The standard InChI is InChI=1S/C12H18N2O3/c1-2-17-11(15)6-4-8-14-7-3-5-10(9-14)12(13)16/h3,7,9H,2,4-6,8H2,1H3,(H2,13,16). The van der Waals surface area contributed by atoms with Crippen LogP contribution in [0.1, 0.15) is 26.2 Å². The van der Waals surface area contributed by atoms with Crippen molar-refractivity contribution in [2.24, 2.45) is 5.73 Å². The molecule has 1 aliphatic heterocycles. The van der Waals surface area contributed by atoms with Crippen molar-refractivity contribution < 1.29 is 14.3 Å². The summed E-state index contributed by atoms with van der Waals surface area (Å²) in [7, 11) is 0. The first-order valence-corrected chi connectivity index (χ1v) is 5.72. The van der Waals surface area contributed by atoms with E-state index in [1.165, 1.54) is 0 Å². The fourth-order valence-corrected chi connectivity index (χ4v) is 1.55. The lowest BCUT2D eigenvalue weighted by atomic mass is 10.1. The fraction of sp³-hybridized carbons (Fsp3) is 0.500. The van der Waals surface area contributed by atoms with Crippen LogP contribution in [0.3, 0.4) is 0 Å². The lowest BCUT2D eigenvalue weighted by Crippen LogP contribution is -2.22. The van der Waals surface area contributed by atoms with Crippen LogP contribution in [-0.2, 0) is 14.3 Å². The van der Waals surface area contributed by atoms with Gasteiger partial charge >= 0.3 is 5.97 Å². The molecule has 0 aliphatic carbocycles. The van der Waals surface area contributed by atoms with Gasteiger partial charge in [0.05, 0.1) is 6.61 Å². The SMILES string of the molecule is CCOC(=O)CCCN1C=CCC(C(N)=O)=C1. The van der Waals surface area contributed by atoms with Gasteiger partial charge in [-0.2, -0.15) is 0 Å². The van der Waals surface area contributed by atoms with Gasteiger partial charge in [-0.15, -0.1) is 0 Å². The van der Waals surface area contributed by atoms with E-state index in [1.807, 2.05) is 17.2 Å². The number of allylic oxidation sites excluding steroid dienone is 1. The van der Waals surface area contributed by atoms with Crippen LogP contribution in [0.5, 0.6) is 0 Å². The summed E-state index contributed by atoms with van der Waals surface area (Å²) >= 11 is 0. The molecule has 94 valence electrons. The average molecular weight is 238 g/mol. The van der Waals surface area contributed by atoms with Gasteiger partial charge in [-0.1, -0.05) is 6.08 Å². The topological polar surface area (TPSA) is 72.6 Å². The molecule has 1 heterocycles. The molecule has 0 saturated carbocycles. The number of nitrogens with two attached hydrogens (primary N) is 1. The van der Waals surface area contributed by atoms with Crippen LogP contribution in [0.25, 0.3) is 0 Å². The number of hydrogen-bond acceptors (Lipinski definition) is 4. The van der Waals surface area contributed by atoms with E-state index >= 15 is 0 Å². The van der Waals surface area contributed by atoms with E-state index < -0.39 is 5.91 Å². The molecule has 2 N–H and O–H groups in total. The Labute approximate surface area is 101 Å². The van der Waals surface area contributed by atoms with Crippen molar-refractivity contribution in [2.75, 3.05) is 13.2 Å². The maximum atomic E-state index is 11.1. The summed E-state index contributed by atoms with van der Waals surface area (Å²) in [5, 5.41) is 0. The van der Waals surface area contributed by atoms with Gasteiger partial charge in [0.15, 0.2) is 0 Å². The third-order valence-corrected chi connectivity index (χ3v) is 2.38. The minimum atomic E-state index is -0.398. The summed E-state index contributed by atoms with van der Waals surface area (Å²) in [5.41, 5.74) is 5.79. The predicted octanol–water partition coefficient (Wildman–Crippen LogP) is 0.918. The van der Waals surface area contributed by atoms with E-state index in [4.69, 9.17) is 10.5 Å². The van der Waals surface area contributed by atoms with Crippen LogP contribution >= 0.6 is 0 Å². The number of ether oxygens (including phenoxy) is 1. The van der Waals surface area contributed by atoms with Gasteiger partial charge in [-0.05, 0) is 26.0 Å². The van der Waals surface area contributed by atoms with Gasteiger partial charge in [0, 0.05) is 24.7 Å². The molecule has 17 heavy (non-hydrogen) atoms. The number of primary amides is 1. The molecule has 0 unspecified atom stereocenters. The molecule has 0 radical (unpaired) electrons. The molecule has 1 amide bonds. The number of hydrogen-bond donors (Lipinski definition) is 1. The Kier molecular flexibility index (Phi) is 5.26. The molecule has 1 rings (SSSR count). The maximum Gasteiger partial charge on any atom is 0.305 e. The van der Waals surface area contributed by atoms with E-state index in [1.54, 1.807) is 13.1 Å². The molecule has 0 aromatic heterocycles. The summed E-state index contributed by atoms with van der Waals surface area (Å²) < 4.78 is 4.83. The molecule has 0 spiro atoms. The Hall–Kier alpha value is -1.78. The van der Waals surface area contributed by atoms with E-state index in [2.05, 4.69) is 0 Å². The van der Waals surface area contributed by atoms with Gasteiger partial charge in [0.1, 0.15) is 0 Å². The zero-order valence-electron chi connectivity index (χ0n) is 10.0. The first-order valence-electron chi connectivity index (χ1n) is 5.72. The number of nitrogens with zero attached hydrogens (tertiary/aromatic N) is 1. The molecule has 0 aromatic carbocycles. The number of carbonyl (C=O) groups is 2. The summed E-state index contributed by atoms with van der Waals surface area (Å²) in [6.07, 6.45) is 7.14. The smallest absolute Gasteiger partial charge is 0.305 e. The Morgan fingerprint density at radius 1 is 1.53 bits per heavy atom. The van der Waals surface area contributed by atoms with Gasteiger partial charge in [0.25, 0.3) is 0 Å². The van der Waals surface area contributed by atoms with E-state index in [-0.39, 0.29) is 5.97 Å². The number of esters is 1. The largest absolute Gasteiger partial charge is 0.466 e. The lowest BCUT2D eigenvalue weighted by Gasteiger charge is -2.20. The fourth-order valence-electron chi connectivity index (χ4n) is 1.55. The zero-order chi connectivity index (χ0) is 12.7. The normalized spacial score (nSPS) is 14.4. The predicted molar refractivity (Wildman–Crippen MR) is 63.6 cm³/mol. The molecule has 1 aliphatic rings. The highest BCUT2D eigenvalue weighted by molar-refractivity contribution is 5.92. The minimum absolute atomic E-state index is 0.187. The number of amides is 1. The van der Waals surface area contributed by atoms with Crippen molar-refractivity contribution in [2.45, 2.75) is 26.2 Å². The summed E-state index contributed by atoms with van der Waals surface area (Å²) in [4.78, 5) is 24.0. The summed E-state index contributed by atoms with van der Waals surface area (Å²) in [5.74, 6) is -0.586. The van der Waals surface area contributed by atoms with Crippen molar-refractivity contribution in [1.29, 1.82) is 0 Å². The van der Waals surface area contributed by atoms with Crippen LogP contribution in [0, 0.1) is 0 Å². The highest BCUT2D eigenvalue weighted by Gasteiger charge is 2.10. The molecule has 0 fully saturated rings. The second-order valence-electron chi connectivity index (χ2n) is 3.75. The van der Waals surface area contributed by atoms with Crippen LogP contribution in [0.2, 0.25) is 0 Å². The van der Waals surface area contributed by atoms with Gasteiger partial charge < -0.3 is 15.4 Å². The molecular weight excluding hydrogens is 220 g/mol. The third-order valence-electron chi connectivity index (χ3n) is 2.38. The Morgan fingerprint density at radius 2 is 2.29 bits per heavy atom. The van der Waals surface area contributed by atoms with Crippen molar-refractivity contribution in [1.82, 2.24) is 4.90 Å². The van der Waals surface area contributed by atoms with E-state index in [0.717, 1.165) is 0 Å². The summed E-state index contributed by atoms with van der Waals surface area (Å²) in [6.45, 7) is 2.87. The van der Waals surface area contributed by atoms with E-state index in [9.17, 15) is 9.59 Å². The molecule has 0 bridgehead atoms. The average Bonchev–Trinajstić information content (AvgIpc) is 2.30. The first-order chi connectivity index (χ1) is 8.13. The van der Waals surface area contributed by atoms with Crippen molar-refractivity contribution in [3.8, 4) is 0 Å². The van der Waals surface area contributed by atoms with Crippen molar-refractivity contribution >= 4 is 11.9 Å². The molecule has 0 aromatic rings. The Balaban J connectivity index is 2.32. The van der Waals surface area contributed by atoms with Crippen LogP contribution in [0.15, 0.2) is 24.0 Å². The monoisotopic (exact) mass is 238 g/mol. The summed E-state index contributed by atoms with van der Waals surface area (Å²) in [6, 6.07) is 0. The van der Waals surface area contributed by atoms with Gasteiger partial charge in [-0.25, -0.2) is 0 Å². The zero-order valence-corrected chi connectivity index (χ0v) is 10.0. The minimum Gasteiger partial charge on any atom is -0.466 e. The molecule has 0 atom stereocenters. The molecule has 5 heteroatoms. The maximum absolute atomic E-state index is 11.1. The van der Waals surface area contributed by atoms with Crippen LogP contribution in [-0.4, -0.2) is 29.9 Å². The number of rotatable bonds is 6. The molecule has 5 nitrogen and oxygen atoms in total. The van der Waals surface area contributed by atoms with Crippen molar-refractivity contribution in [3.63, 3.8) is 0 Å². The van der Waals surface area contributed by atoms with Gasteiger partial charge in [0.2, 0.25) is 5.91 Å². The second kappa shape index (κ2) is 6.73. The second-order valence-corrected chi connectivity index (χ2v) is 3.75. The van der Waals surface area contributed by atoms with Crippen LogP contribution < -0.4 is 5.73 Å². The highest BCUT2D eigenvalue weighted by Crippen LogP contribution is 2.12. The Bertz CT molecular complexity index is 348. The Morgan fingerprint density at radius 3 is 2.94 bits per heavy atom. The third kappa shape index (κ3) is 4.72. The van der Waals surface area contributed by atoms with Crippen molar-refractivity contribution in [3.05, 3.63) is 24.0 Å². The quantitative estimate of drug-likeness (QED) is 0.698. The van der Waals surface area contributed by atoms with Crippen LogP contribution in [0.4, 0.5) is 0 Å². The lowest BCUT2D eigenvalue weighted by molar-refractivity contribution is -0.143. The first kappa shape index (κ1) is 13.3. The van der Waals surface area contributed by atoms with E-state index in [0.29, 0.717) is 38.0 Å². The van der Waals surface area contributed by atoms with Gasteiger partial charge in [-0.3, -0.25) is 9.59 Å². The number of carbonyl (C=O) groups excluding carboxylic acids is 2. The molecular formula is C12H18N2O3.